The van der Waals surface area contributed by atoms with Gasteiger partial charge in [-0.2, -0.15) is 11.8 Å². The number of carbonyl (C=O) groups is 1. The normalized spacial score (nSPS) is 12.2. The van der Waals surface area contributed by atoms with Gasteiger partial charge in [-0.05, 0) is 43.4 Å². The van der Waals surface area contributed by atoms with Crippen LogP contribution in [0.5, 0.6) is 5.75 Å². The van der Waals surface area contributed by atoms with Crippen molar-refractivity contribution in [2.75, 3.05) is 12.0 Å². The molecule has 2 N–H and O–H groups in total. The minimum atomic E-state index is -0.0750. The van der Waals surface area contributed by atoms with Crippen LogP contribution in [0.3, 0.4) is 0 Å². The van der Waals surface area contributed by atoms with Crippen molar-refractivity contribution in [3.8, 4) is 5.75 Å². The molecule has 17 heavy (non-hydrogen) atoms. The number of phenolic OH excluding ortho intramolecular Hbond substituents is 1. The van der Waals surface area contributed by atoms with Crippen LogP contribution in [0.2, 0.25) is 0 Å². The minimum absolute atomic E-state index is 0.0750. The van der Waals surface area contributed by atoms with Crippen LogP contribution in [-0.4, -0.2) is 29.1 Å². The second-order valence-electron chi connectivity index (χ2n) is 4.04. The van der Waals surface area contributed by atoms with Crippen molar-refractivity contribution < 1.29 is 9.90 Å². The van der Waals surface area contributed by atoms with E-state index in [1.165, 1.54) is 0 Å². The van der Waals surface area contributed by atoms with Crippen molar-refractivity contribution in [3.63, 3.8) is 0 Å². The Balaban J connectivity index is 2.72. The van der Waals surface area contributed by atoms with Gasteiger partial charge in [0, 0.05) is 17.4 Å². The molecule has 0 aliphatic rings. The molecule has 3 nitrogen and oxygen atoms in total. The highest BCUT2D eigenvalue weighted by atomic mass is 32.2. The van der Waals surface area contributed by atoms with Crippen molar-refractivity contribution in [3.05, 3.63) is 29.3 Å². The molecule has 0 heterocycles. The Labute approximate surface area is 107 Å². The highest BCUT2D eigenvalue weighted by Crippen LogP contribution is 2.17. The minimum Gasteiger partial charge on any atom is -0.508 e. The van der Waals surface area contributed by atoms with E-state index in [4.69, 9.17) is 0 Å². The third-order valence-corrected chi connectivity index (χ3v) is 3.39. The van der Waals surface area contributed by atoms with Gasteiger partial charge in [-0.3, -0.25) is 4.79 Å². The fourth-order valence-electron chi connectivity index (χ4n) is 1.53. The molecule has 0 radical (unpaired) electrons. The summed E-state index contributed by atoms with van der Waals surface area (Å²) in [7, 11) is 0. The van der Waals surface area contributed by atoms with Crippen molar-refractivity contribution in [1.29, 1.82) is 0 Å². The molecular formula is C13H19NO2S. The molecule has 1 rings (SSSR count). The molecule has 94 valence electrons. The summed E-state index contributed by atoms with van der Waals surface area (Å²) < 4.78 is 0. The lowest BCUT2D eigenvalue weighted by Crippen LogP contribution is -2.36. The van der Waals surface area contributed by atoms with Crippen LogP contribution in [0.1, 0.15) is 29.3 Å². The molecule has 0 aliphatic carbocycles. The Bertz CT molecular complexity index is 393. The quantitative estimate of drug-likeness (QED) is 0.848. The van der Waals surface area contributed by atoms with Crippen LogP contribution in [0.4, 0.5) is 0 Å². The van der Waals surface area contributed by atoms with Crippen molar-refractivity contribution in [1.82, 2.24) is 5.32 Å². The van der Waals surface area contributed by atoms with Gasteiger partial charge in [0.15, 0.2) is 0 Å². The predicted molar refractivity (Wildman–Crippen MR) is 72.8 cm³/mol. The van der Waals surface area contributed by atoms with Crippen LogP contribution < -0.4 is 5.32 Å². The Morgan fingerprint density at radius 3 is 2.76 bits per heavy atom. The third kappa shape index (κ3) is 3.97. The highest BCUT2D eigenvalue weighted by molar-refractivity contribution is 7.98. The Kier molecular flexibility index (Phi) is 5.35. The Morgan fingerprint density at radius 2 is 2.24 bits per heavy atom. The van der Waals surface area contributed by atoms with E-state index in [1.54, 1.807) is 36.9 Å². The lowest BCUT2D eigenvalue weighted by atomic mass is 10.1. The average molecular weight is 253 g/mol. The molecule has 1 aromatic rings. The zero-order valence-electron chi connectivity index (χ0n) is 10.5. The molecule has 1 aromatic carbocycles. The molecule has 0 aromatic heterocycles. The predicted octanol–water partition coefficient (Wildman–Crippen LogP) is 2.57. The maximum absolute atomic E-state index is 12.0. The lowest BCUT2D eigenvalue weighted by Gasteiger charge is -2.16. The number of amides is 1. The molecule has 1 unspecified atom stereocenters. The summed E-state index contributed by atoms with van der Waals surface area (Å²) in [5, 5.41) is 12.4. The maximum atomic E-state index is 12.0. The van der Waals surface area contributed by atoms with E-state index in [2.05, 4.69) is 12.2 Å². The molecule has 0 saturated carbocycles. The van der Waals surface area contributed by atoms with Gasteiger partial charge in [-0.25, -0.2) is 0 Å². The van der Waals surface area contributed by atoms with E-state index in [-0.39, 0.29) is 17.7 Å². The number of thioether (sulfide) groups is 1. The van der Waals surface area contributed by atoms with Crippen molar-refractivity contribution >= 4 is 17.7 Å². The fraction of sp³-hybridized carbons (Fsp3) is 0.462. The zero-order chi connectivity index (χ0) is 12.8. The monoisotopic (exact) mass is 253 g/mol. The highest BCUT2D eigenvalue weighted by Gasteiger charge is 2.12. The molecule has 0 aliphatic heterocycles. The number of hydrogen-bond acceptors (Lipinski definition) is 3. The number of rotatable bonds is 5. The number of aryl methyl sites for hydroxylation is 1. The van der Waals surface area contributed by atoms with Gasteiger partial charge >= 0.3 is 0 Å². The van der Waals surface area contributed by atoms with Gasteiger partial charge in [0.25, 0.3) is 5.91 Å². The molecule has 0 saturated heterocycles. The summed E-state index contributed by atoms with van der Waals surface area (Å²) in [4.78, 5) is 12.0. The van der Waals surface area contributed by atoms with E-state index in [0.29, 0.717) is 5.56 Å². The topological polar surface area (TPSA) is 49.3 Å². The van der Waals surface area contributed by atoms with E-state index < -0.39 is 0 Å². The third-order valence-electron chi connectivity index (χ3n) is 2.65. The van der Waals surface area contributed by atoms with Crippen LogP contribution in [0.25, 0.3) is 0 Å². The van der Waals surface area contributed by atoms with E-state index >= 15 is 0 Å². The lowest BCUT2D eigenvalue weighted by molar-refractivity contribution is 0.0940. The summed E-state index contributed by atoms with van der Waals surface area (Å²) in [5.74, 6) is 1.06. The second-order valence-corrected chi connectivity index (χ2v) is 4.95. The second kappa shape index (κ2) is 6.55. The summed E-state index contributed by atoms with van der Waals surface area (Å²) in [6.07, 6.45) is 2.95. The first-order valence-corrected chi connectivity index (χ1v) is 7.07. The van der Waals surface area contributed by atoms with Crippen LogP contribution in [-0.2, 0) is 0 Å². The number of hydrogen-bond donors (Lipinski definition) is 2. The van der Waals surface area contributed by atoms with Crippen LogP contribution >= 0.6 is 11.8 Å². The standard InChI is InChI=1S/C13H19NO2S/c1-4-11(8-17-3)14-13(16)10-5-6-12(15)9(2)7-10/h5-7,11,15H,4,8H2,1-3H3,(H,14,16). The van der Waals surface area contributed by atoms with Gasteiger partial charge < -0.3 is 10.4 Å². The number of aromatic hydroxyl groups is 1. The van der Waals surface area contributed by atoms with E-state index in [9.17, 15) is 9.90 Å². The van der Waals surface area contributed by atoms with Gasteiger partial charge in [0.05, 0.1) is 0 Å². The number of phenols is 1. The largest absolute Gasteiger partial charge is 0.508 e. The number of carbonyl (C=O) groups excluding carboxylic acids is 1. The fourth-order valence-corrected chi connectivity index (χ4v) is 2.25. The summed E-state index contributed by atoms with van der Waals surface area (Å²) in [6, 6.07) is 5.10. The molecule has 0 fully saturated rings. The summed E-state index contributed by atoms with van der Waals surface area (Å²) >= 11 is 1.72. The van der Waals surface area contributed by atoms with Gasteiger partial charge in [-0.1, -0.05) is 6.92 Å². The van der Waals surface area contributed by atoms with Gasteiger partial charge in [0.1, 0.15) is 5.75 Å². The van der Waals surface area contributed by atoms with Gasteiger partial charge in [0.2, 0.25) is 0 Å². The zero-order valence-corrected chi connectivity index (χ0v) is 11.3. The van der Waals surface area contributed by atoms with E-state index in [1.807, 2.05) is 6.26 Å². The first-order chi connectivity index (χ1) is 8.08. The molecule has 1 amide bonds. The smallest absolute Gasteiger partial charge is 0.251 e. The summed E-state index contributed by atoms with van der Waals surface area (Å²) in [6.45, 7) is 3.84. The SMILES string of the molecule is CCC(CSC)NC(=O)c1ccc(O)c(C)c1. The summed E-state index contributed by atoms with van der Waals surface area (Å²) in [5.41, 5.74) is 1.32. The van der Waals surface area contributed by atoms with Crippen LogP contribution in [0, 0.1) is 6.92 Å². The van der Waals surface area contributed by atoms with Crippen molar-refractivity contribution in [2.45, 2.75) is 26.3 Å². The Morgan fingerprint density at radius 1 is 1.53 bits per heavy atom. The Hall–Kier alpha value is -1.16. The molecular weight excluding hydrogens is 234 g/mol. The number of nitrogens with one attached hydrogen (secondary N) is 1. The van der Waals surface area contributed by atoms with Crippen LogP contribution in [0.15, 0.2) is 18.2 Å². The molecule has 4 heteroatoms. The molecule has 0 bridgehead atoms. The maximum Gasteiger partial charge on any atom is 0.251 e. The first-order valence-electron chi connectivity index (χ1n) is 5.67. The first kappa shape index (κ1) is 13.9. The van der Waals surface area contributed by atoms with E-state index in [0.717, 1.165) is 17.7 Å². The van der Waals surface area contributed by atoms with Gasteiger partial charge in [-0.15, -0.1) is 0 Å². The average Bonchev–Trinajstić information content (AvgIpc) is 2.31. The number of benzene rings is 1. The van der Waals surface area contributed by atoms with Crippen molar-refractivity contribution in [2.24, 2.45) is 0 Å². The molecule has 1 atom stereocenters. The molecule has 0 spiro atoms.